The Labute approximate surface area is 166 Å². The van der Waals surface area contributed by atoms with Crippen molar-refractivity contribution in [2.24, 2.45) is 0 Å². The van der Waals surface area contributed by atoms with Gasteiger partial charge in [-0.15, -0.1) is 0 Å². The molecule has 3 aromatic rings. The molecular formula is C24H26N2O2. The first kappa shape index (κ1) is 19.5. The number of ether oxygens (including phenoxy) is 1. The van der Waals surface area contributed by atoms with Gasteiger partial charge in [0.2, 0.25) is 5.91 Å². The van der Waals surface area contributed by atoms with Crippen LogP contribution in [-0.2, 0) is 11.2 Å². The molecule has 0 aliphatic heterocycles. The first-order valence-corrected chi connectivity index (χ1v) is 9.54. The summed E-state index contributed by atoms with van der Waals surface area (Å²) >= 11 is 0. The van der Waals surface area contributed by atoms with Crippen molar-refractivity contribution in [3.05, 3.63) is 90.5 Å². The summed E-state index contributed by atoms with van der Waals surface area (Å²) in [6.07, 6.45) is 1.96. The van der Waals surface area contributed by atoms with Crippen molar-refractivity contribution < 1.29 is 9.53 Å². The molecule has 1 N–H and O–H groups in total. The van der Waals surface area contributed by atoms with E-state index < -0.39 is 0 Å². The summed E-state index contributed by atoms with van der Waals surface area (Å²) in [5.41, 5.74) is 3.07. The number of aryl methyl sites for hydroxylation is 1. The van der Waals surface area contributed by atoms with Gasteiger partial charge in [-0.2, -0.15) is 0 Å². The van der Waals surface area contributed by atoms with Crippen LogP contribution in [0.2, 0.25) is 0 Å². The zero-order valence-electron chi connectivity index (χ0n) is 16.2. The van der Waals surface area contributed by atoms with E-state index in [1.54, 1.807) is 11.9 Å². The Morgan fingerprint density at radius 2 is 1.64 bits per heavy atom. The van der Waals surface area contributed by atoms with Crippen LogP contribution in [0.25, 0.3) is 0 Å². The molecule has 0 spiro atoms. The third-order valence-corrected chi connectivity index (χ3v) is 4.52. The Morgan fingerprint density at radius 3 is 2.39 bits per heavy atom. The second-order valence-corrected chi connectivity index (χ2v) is 6.61. The zero-order chi connectivity index (χ0) is 19.6. The topological polar surface area (TPSA) is 41.6 Å². The molecule has 0 fully saturated rings. The minimum absolute atomic E-state index is 0.000354. The van der Waals surface area contributed by atoms with Crippen molar-refractivity contribution >= 4 is 17.3 Å². The van der Waals surface area contributed by atoms with E-state index >= 15 is 0 Å². The third kappa shape index (κ3) is 5.88. The van der Waals surface area contributed by atoms with E-state index in [1.807, 2.05) is 60.7 Å². The zero-order valence-corrected chi connectivity index (χ0v) is 16.2. The summed E-state index contributed by atoms with van der Waals surface area (Å²) in [5.74, 6) is 0.808. The number of para-hydroxylation sites is 1. The Morgan fingerprint density at radius 1 is 0.929 bits per heavy atom. The van der Waals surface area contributed by atoms with Crippen molar-refractivity contribution in [2.45, 2.75) is 12.8 Å². The maximum Gasteiger partial charge on any atom is 0.246 e. The Hall–Kier alpha value is -3.27. The third-order valence-electron chi connectivity index (χ3n) is 4.52. The van der Waals surface area contributed by atoms with Crippen LogP contribution in [0, 0.1) is 0 Å². The van der Waals surface area contributed by atoms with E-state index in [0.717, 1.165) is 30.0 Å². The van der Waals surface area contributed by atoms with Gasteiger partial charge in [0.05, 0.1) is 13.2 Å². The maximum atomic E-state index is 12.4. The van der Waals surface area contributed by atoms with Crippen LogP contribution in [-0.4, -0.2) is 26.1 Å². The van der Waals surface area contributed by atoms with E-state index in [0.29, 0.717) is 6.61 Å². The molecule has 0 saturated carbocycles. The van der Waals surface area contributed by atoms with E-state index in [2.05, 4.69) is 29.6 Å². The van der Waals surface area contributed by atoms with Gasteiger partial charge in [0.1, 0.15) is 5.75 Å². The molecular weight excluding hydrogens is 348 g/mol. The highest BCUT2D eigenvalue weighted by Crippen LogP contribution is 2.18. The molecule has 0 radical (unpaired) electrons. The molecule has 1 amide bonds. The minimum Gasteiger partial charge on any atom is -0.494 e. The molecule has 4 heteroatoms. The van der Waals surface area contributed by atoms with Gasteiger partial charge in [0.25, 0.3) is 0 Å². The predicted molar refractivity (Wildman–Crippen MR) is 115 cm³/mol. The van der Waals surface area contributed by atoms with Crippen molar-refractivity contribution in [1.82, 2.24) is 0 Å². The molecule has 3 aromatic carbocycles. The van der Waals surface area contributed by atoms with Gasteiger partial charge in [-0.3, -0.25) is 4.79 Å². The molecule has 0 aliphatic rings. The van der Waals surface area contributed by atoms with Crippen molar-refractivity contribution in [2.75, 3.05) is 30.4 Å². The minimum atomic E-state index is 0.000354. The lowest BCUT2D eigenvalue weighted by molar-refractivity contribution is -0.116. The molecule has 28 heavy (non-hydrogen) atoms. The van der Waals surface area contributed by atoms with Crippen LogP contribution in [0.5, 0.6) is 5.75 Å². The van der Waals surface area contributed by atoms with Crippen LogP contribution in [0.1, 0.15) is 12.0 Å². The summed E-state index contributed by atoms with van der Waals surface area (Å²) in [6.45, 7) is 0.886. The quantitative estimate of drug-likeness (QED) is 0.549. The van der Waals surface area contributed by atoms with Gasteiger partial charge in [0, 0.05) is 24.5 Å². The van der Waals surface area contributed by atoms with Crippen molar-refractivity contribution in [1.29, 1.82) is 0 Å². The molecule has 144 valence electrons. The Balaban J connectivity index is 1.44. The molecule has 3 rings (SSSR count). The maximum absolute atomic E-state index is 12.4. The fraction of sp³-hybridized carbons (Fsp3) is 0.208. The van der Waals surface area contributed by atoms with Gasteiger partial charge in [0.15, 0.2) is 0 Å². The van der Waals surface area contributed by atoms with E-state index in [9.17, 15) is 4.79 Å². The largest absolute Gasteiger partial charge is 0.494 e. The number of benzene rings is 3. The first-order chi connectivity index (χ1) is 13.7. The lowest BCUT2D eigenvalue weighted by atomic mass is 10.1. The van der Waals surface area contributed by atoms with Gasteiger partial charge in [-0.25, -0.2) is 0 Å². The fourth-order valence-corrected chi connectivity index (χ4v) is 2.90. The number of likely N-dealkylation sites (N-methyl/N-ethyl adjacent to an activating group) is 1. The summed E-state index contributed by atoms with van der Waals surface area (Å²) in [7, 11) is 1.78. The van der Waals surface area contributed by atoms with Gasteiger partial charge >= 0.3 is 0 Å². The Bertz CT molecular complexity index is 866. The molecule has 0 aliphatic carbocycles. The van der Waals surface area contributed by atoms with Gasteiger partial charge in [-0.1, -0.05) is 54.6 Å². The number of nitrogens with one attached hydrogen (secondary N) is 1. The number of hydrogen-bond acceptors (Lipinski definition) is 3. The van der Waals surface area contributed by atoms with Crippen LogP contribution in [0.15, 0.2) is 84.9 Å². The highest BCUT2D eigenvalue weighted by molar-refractivity contribution is 5.95. The fourth-order valence-electron chi connectivity index (χ4n) is 2.90. The monoisotopic (exact) mass is 374 g/mol. The standard InChI is InChI=1S/C24H26N2O2/c1-26(22-14-6-3-7-15-22)24(27)19-25-21-13-8-16-23(18-21)28-17-9-12-20-10-4-2-5-11-20/h2-8,10-11,13-16,18,25H,9,12,17,19H2,1H3. The normalized spacial score (nSPS) is 10.3. The number of amides is 1. The van der Waals surface area contributed by atoms with Crippen molar-refractivity contribution in [3.8, 4) is 5.75 Å². The second kappa shape index (κ2) is 10.2. The molecule has 0 aromatic heterocycles. The summed E-state index contributed by atoms with van der Waals surface area (Å²) in [4.78, 5) is 14.0. The molecule has 0 bridgehead atoms. The van der Waals surface area contributed by atoms with Crippen LogP contribution in [0.3, 0.4) is 0 Å². The van der Waals surface area contributed by atoms with E-state index in [-0.39, 0.29) is 12.5 Å². The summed E-state index contributed by atoms with van der Waals surface area (Å²) in [5, 5.41) is 3.18. The average Bonchev–Trinajstić information content (AvgIpc) is 2.76. The molecule has 0 heterocycles. The smallest absolute Gasteiger partial charge is 0.246 e. The number of carbonyl (C=O) groups excluding carboxylic acids is 1. The van der Waals surface area contributed by atoms with Crippen molar-refractivity contribution in [3.63, 3.8) is 0 Å². The van der Waals surface area contributed by atoms with Crippen LogP contribution >= 0.6 is 0 Å². The molecule has 0 unspecified atom stereocenters. The van der Waals surface area contributed by atoms with Crippen LogP contribution < -0.4 is 15.0 Å². The highest BCUT2D eigenvalue weighted by Gasteiger charge is 2.10. The molecule has 4 nitrogen and oxygen atoms in total. The predicted octanol–water partition coefficient (Wildman–Crippen LogP) is 4.77. The number of hydrogen-bond donors (Lipinski definition) is 1. The molecule has 0 atom stereocenters. The summed E-state index contributed by atoms with van der Waals surface area (Å²) < 4.78 is 5.86. The number of carbonyl (C=O) groups is 1. The van der Waals surface area contributed by atoms with Gasteiger partial charge in [-0.05, 0) is 42.7 Å². The van der Waals surface area contributed by atoms with Gasteiger partial charge < -0.3 is 15.0 Å². The lowest BCUT2D eigenvalue weighted by Crippen LogP contribution is -2.32. The SMILES string of the molecule is CN(C(=O)CNc1cccc(OCCCc2ccccc2)c1)c1ccccc1. The number of nitrogens with zero attached hydrogens (tertiary/aromatic N) is 1. The number of rotatable bonds is 9. The Kier molecular flexibility index (Phi) is 7.08. The lowest BCUT2D eigenvalue weighted by Gasteiger charge is -2.18. The highest BCUT2D eigenvalue weighted by atomic mass is 16.5. The van der Waals surface area contributed by atoms with E-state index in [4.69, 9.17) is 4.74 Å². The van der Waals surface area contributed by atoms with E-state index in [1.165, 1.54) is 5.56 Å². The first-order valence-electron chi connectivity index (χ1n) is 9.54. The second-order valence-electron chi connectivity index (χ2n) is 6.61. The average molecular weight is 374 g/mol. The molecule has 0 saturated heterocycles. The van der Waals surface area contributed by atoms with Crippen LogP contribution in [0.4, 0.5) is 11.4 Å². The summed E-state index contributed by atoms with van der Waals surface area (Å²) in [6, 6.07) is 27.8. The number of anilines is 2.